The Bertz CT molecular complexity index is 618. The fourth-order valence-electron chi connectivity index (χ4n) is 1.49. The third kappa shape index (κ3) is 3.93. The lowest BCUT2D eigenvalue weighted by atomic mass is 10.2. The van der Waals surface area contributed by atoms with E-state index in [1.165, 1.54) is 23.3 Å². The number of carbonyl (C=O) groups excluding carboxylic acids is 1. The summed E-state index contributed by atoms with van der Waals surface area (Å²) in [5.74, 6) is 0.145. The predicted molar refractivity (Wildman–Crippen MR) is 77.0 cm³/mol. The van der Waals surface area contributed by atoms with E-state index in [1.807, 2.05) is 12.1 Å². The van der Waals surface area contributed by atoms with Gasteiger partial charge in [-0.3, -0.25) is 0 Å². The summed E-state index contributed by atoms with van der Waals surface area (Å²) < 4.78 is 6.42. The molecule has 1 heterocycles. The van der Waals surface area contributed by atoms with Crippen LogP contribution < -0.4 is 0 Å². The number of halogens is 1. The Hall–Kier alpha value is -2.14. The molecule has 0 atom stereocenters. The second-order valence-corrected chi connectivity index (χ2v) is 4.79. The quantitative estimate of drug-likeness (QED) is 0.642. The van der Waals surface area contributed by atoms with Crippen molar-refractivity contribution in [3.8, 4) is 11.4 Å². The van der Waals surface area contributed by atoms with Gasteiger partial charge in [0.2, 0.25) is 0 Å². The summed E-state index contributed by atoms with van der Waals surface area (Å²) in [7, 11) is 0. The zero-order valence-corrected chi connectivity index (χ0v) is 11.9. The summed E-state index contributed by atoms with van der Waals surface area (Å²) in [5.41, 5.74) is 0.853. The van der Waals surface area contributed by atoms with E-state index in [2.05, 4.69) is 10.1 Å². The van der Waals surface area contributed by atoms with Crippen LogP contribution in [0.3, 0.4) is 0 Å². The first-order chi connectivity index (χ1) is 9.54. The molecule has 2 aromatic rings. The SMILES string of the molecule is CC(C)OC(=O)C=Cn1cnc(-c2ccc(Cl)cc2)n1. The van der Waals surface area contributed by atoms with E-state index in [-0.39, 0.29) is 6.10 Å². The second kappa shape index (κ2) is 6.34. The van der Waals surface area contributed by atoms with Crippen LogP contribution in [0, 0.1) is 0 Å². The summed E-state index contributed by atoms with van der Waals surface area (Å²) in [6.07, 6.45) is 4.17. The highest BCUT2D eigenvalue weighted by molar-refractivity contribution is 6.30. The average Bonchev–Trinajstić information content (AvgIpc) is 2.85. The van der Waals surface area contributed by atoms with Crippen LogP contribution in [-0.4, -0.2) is 26.8 Å². The van der Waals surface area contributed by atoms with Crippen molar-refractivity contribution in [2.24, 2.45) is 0 Å². The average molecular weight is 292 g/mol. The van der Waals surface area contributed by atoms with Crippen molar-refractivity contribution >= 4 is 23.8 Å². The minimum atomic E-state index is -0.413. The Labute approximate surface area is 121 Å². The zero-order chi connectivity index (χ0) is 14.5. The van der Waals surface area contributed by atoms with Gasteiger partial charge in [0.1, 0.15) is 6.33 Å². The molecule has 0 amide bonds. The van der Waals surface area contributed by atoms with Crippen LogP contribution in [0.4, 0.5) is 0 Å². The number of carbonyl (C=O) groups is 1. The lowest BCUT2D eigenvalue weighted by molar-refractivity contribution is -0.141. The highest BCUT2D eigenvalue weighted by atomic mass is 35.5. The Morgan fingerprint density at radius 3 is 2.70 bits per heavy atom. The fraction of sp³-hybridized carbons (Fsp3) is 0.214. The third-order valence-electron chi connectivity index (χ3n) is 2.33. The maximum absolute atomic E-state index is 11.4. The molecule has 0 aliphatic carbocycles. The molecule has 0 aliphatic heterocycles. The largest absolute Gasteiger partial charge is 0.460 e. The minimum Gasteiger partial charge on any atom is -0.460 e. The molecule has 0 unspecified atom stereocenters. The molecule has 0 saturated carbocycles. The smallest absolute Gasteiger partial charge is 0.332 e. The maximum atomic E-state index is 11.4. The molecule has 0 fully saturated rings. The molecule has 0 aliphatic rings. The zero-order valence-electron chi connectivity index (χ0n) is 11.2. The van der Waals surface area contributed by atoms with E-state index < -0.39 is 5.97 Å². The third-order valence-corrected chi connectivity index (χ3v) is 2.58. The number of benzene rings is 1. The van der Waals surface area contributed by atoms with Crippen LogP contribution in [0.2, 0.25) is 5.02 Å². The van der Waals surface area contributed by atoms with Crippen molar-refractivity contribution in [1.29, 1.82) is 0 Å². The first kappa shape index (κ1) is 14.3. The van der Waals surface area contributed by atoms with Crippen molar-refractivity contribution in [3.05, 3.63) is 41.7 Å². The molecule has 0 saturated heterocycles. The molecule has 0 radical (unpaired) electrons. The van der Waals surface area contributed by atoms with Crippen molar-refractivity contribution in [1.82, 2.24) is 14.8 Å². The summed E-state index contributed by atoms with van der Waals surface area (Å²) in [6, 6.07) is 7.21. The minimum absolute atomic E-state index is 0.146. The highest BCUT2D eigenvalue weighted by Crippen LogP contribution is 2.17. The molecule has 1 aromatic heterocycles. The second-order valence-electron chi connectivity index (χ2n) is 4.36. The van der Waals surface area contributed by atoms with E-state index in [9.17, 15) is 4.79 Å². The standard InChI is InChI=1S/C14H14ClN3O2/c1-10(2)20-13(19)7-8-18-9-16-14(17-18)11-3-5-12(15)6-4-11/h3-10H,1-2H3. The molecule has 20 heavy (non-hydrogen) atoms. The van der Waals surface area contributed by atoms with Gasteiger partial charge in [-0.1, -0.05) is 11.6 Å². The molecule has 2 rings (SSSR count). The van der Waals surface area contributed by atoms with Crippen LogP contribution in [0.15, 0.2) is 36.7 Å². The number of hydrogen-bond acceptors (Lipinski definition) is 4. The Balaban J connectivity index is 2.07. The number of hydrogen-bond donors (Lipinski definition) is 0. The highest BCUT2D eigenvalue weighted by Gasteiger charge is 2.04. The number of nitrogens with zero attached hydrogens (tertiary/aromatic N) is 3. The van der Waals surface area contributed by atoms with Gasteiger partial charge in [-0.25, -0.2) is 14.5 Å². The van der Waals surface area contributed by atoms with E-state index in [1.54, 1.807) is 26.0 Å². The van der Waals surface area contributed by atoms with Gasteiger partial charge in [0.25, 0.3) is 0 Å². The summed E-state index contributed by atoms with van der Waals surface area (Å²) in [6.45, 7) is 3.58. The summed E-state index contributed by atoms with van der Waals surface area (Å²) >= 11 is 5.82. The van der Waals surface area contributed by atoms with Gasteiger partial charge in [-0.05, 0) is 38.1 Å². The Morgan fingerprint density at radius 2 is 2.05 bits per heavy atom. The van der Waals surface area contributed by atoms with Crippen LogP contribution in [0.25, 0.3) is 17.6 Å². The first-order valence-corrected chi connectivity index (χ1v) is 6.48. The summed E-state index contributed by atoms with van der Waals surface area (Å²) in [4.78, 5) is 15.5. The van der Waals surface area contributed by atoms with Gasteiger partial charge in [0, 0.05) is 22.9 Å². The molecule has 1 aromatic carbocycles. The number of esters is 1. The molecule has 0 spiro atoms. The van der Waals surface area contributed by atoms with Crippen LogP contribution in [-0.2, 0) is 9.53 Å². The van der Waals surface area contributed by atoms with Gasteiger partial charge in [0.15, 0.2) is 5.82 Å². The summed E-state index contributed by atoms with van der Waals surface area (Å²) in [5, 5.41) is 4.89. The van der Waals surface area contributed by atoms with E-state index >= 15 is 0 Å². The van der Waals surface area contributed by atoms with E-state index in [0.29, 0.717) is 10.8 Å². The lowest BCUT2D eigenvalue weighted by Gasteiger charge is -2.03. The molecule has 0 bridgehead atoms. The van der Waals surface area contributed by atoms with Gasteiger partial charge in [-0.15, -0.1) is 5.10 Å². The van der Waals surface area contributed by atoms with Crippen molar-refractivity contribution < 1.29 is 9.53 Å². The topological polar surface area (TPSA) is 57.0 Å². The fourth-order valence-corrected chi connectivity index (χ4v) is 1.61. The van der Waals surface area contributed by atoms with Gasteiger partial charge < -0.3 is 4.74 Å². The van der Waals surface area contributed by atoms with E-state index in [0.717, 1.165) is 5.56 Å². The number of ether oxygens (including phenoxy) is 1. The molecular formula is C14H14ClN3O2. The maximum Gasteiger partial charge on any atom is 0.332 e. The van der Waals surface area contributed by atoms with Crippen LogP contribution >= 0.6 is 11.6 Å². The first-order valence-electron chi connectivity index (χ1n) is 6.10. The van der Waals surface area contributed by atoms with Gasteiger partial charge in [-0.2, -0.15) is 0 Å². The lowest BCUT2D eigenvalue weighted by Crippen LogP contribution is -2.08. The molecule has 6 heteroatoms. The van der Waals surface area contributed by atoms with Crippen LogP contribution in [0.1, 0.15) is 13.8 Å². The van der Waals surface area contributed by atoms with E-state index in [4.69, 9.17) is 16.3 Å². The predicted octanol–water partition coefficient (Wildman–Crippen LogP) is 3.02. The van der Waals surface area contributed by atoms with Gasteiger partial charge in [0.05, 0.1) is 6.10 Å². The molecule has 104 valence electrons. The van der Waals surface area contributed by atoms with Crippen molar-refractivity contribution in [2.75, 3.05) is 0 Å². The normalized spacial score (nSPS) is 11.2. The Kier molecular flexibility index (Phi) is 4.53. The molecule has 0 N–H and O–H groups in total. The Morgan fingerprint density at radius 1 is 1.35 bits per heavy atom. The van der Waals surface area contributed by atoms with Gasteiger partial charge >= 0.3 is 5.97 Å². The van der Waals surface area contributed by atoms with Crippen LogP contribution in [0.5, 0.6) is 0 Å². The molecule has 5 nitrogen and oxygen atoms in total. The number of rotatable bonds is 4. The van der Waals surface area contributed by atoms with Crippen molar-refractivity contribution in [3.63, 3.8) is 0 Å². The van der Waals surface area contributed by atoms with Crippen molar-refractivity contribution in [2.45, 2.75) is 20.0 Å². The monoisotopic (exact) mass is 291 g/mol. The molecular weight excluding hydrogens is 278 g/mol. The number of aromatic nitrogens is 3.